The molecule has 0 spiro atoms. The lowest BCUT2D eigenvalue weighted by atomic mass is 9.99. The van der Waals surface area contributed by atoms with E-state index < -0.39 is 0 Å². The first-order valence-corrected chi connectivity index (χ1v) is 7.77. The highest BCUT2D eigenvalue weighted by atomic mass is 32.1. The van der Waals surface area contributed by atoms with Gasteiger partial charge in [0.1, 0.15) is 0 Å². The monoisotopic (exact) mass is 273 g/mol. The normalized spacial score (nSPS) is 18.8. The van der Waals surface area contributed by atoms with Gasteiger partial charge in [0, 0.05) is 30.9 Å². The van der Waals surface area contributed by atoms with Gasteiger partial charge in [0.15, 0.2) is 0 Å². The van der Waals surface area contributed by atoms with Gasteiger partial charge in [-0.1, -0.05) is 24.3 Å². The summed E-state index contributed by atoms with van der Waals surface area (Å²) < 4.78 is 0. The molecule has 0 radical (unpaired) electrons. The molecule has 1 aromatic carbocycles. The van der Waals surface area contributed by atoms with Crippen LogP contribution < -0.4 is 10.6 Å². The molecular formula is C15H19N3S. The Balaban J connectivity index is 1.63. The number of nitrogens with zero attached hydrogens (tertiary/aromatic N) is 1. The summed E-state index contributed by atoms with van der Waals surface area (Å²) in [6.45, 7) is 3.05. The summed E-state index contributed by atoms with van der Waals surface area (Å²) in [6.07, 6.45) is 2.16. The fraction of sp³-hybridized carbons (Fsp3) is 0.400. The number of hydrogen-bond donors (Lipinski definition) is 2. The number of benzene rings is 1. The molecule has 2 N–H and O–H groups in total. The van der Waals surface area contributed by atoms with E-state index in [2.05, 4.69) is 45.3 Å². The second-order valence-corrected chi connectivity index (χ2v) is 5.62. The first kappa shape index (κ1) is 12.8. The third kappa shape index (κ3) is 3.21. The molecule has 3 rings (SSSR count). The largest absolute Gasteiger partial charge is 0.313 e. The fourth-order valence-electron chi connectivity index (χ4n) is 2.61. The fourth-order valence-corrected chi connectivity index (χ4v) is 3.20. The molecule has 0 aliphatic carbocycles. The molecule has 1 atom stereocenters. The van der Waals surface area contributed by atoms with Gasteiger partial charge in [-0.15, -0.1) is 11.3 Å². The molecule has 19 heavy (non-hydrogen) atoms. The molecule has 1 aliphatic heterocycles. The molecule has 2 heterocycles. The molecule has 4 heteroatoms. The Labute approximate surface area is 118 Å². The first-order valence-electron chi connectivity index (χ1n) is 6.82. The molecule has 0 saturated carbocycles. The molecule has 1 aromatic heterocycles. The molecule has 0 amide bonds. The van der Waals surface area contributed by atoms with Crippen LogP contribution in [-0.4, -0.2) is 18.1 Å². The van der Waals surface area contributed by atoms with Crippen LogP contribution >= 0.6 is 11.3 Å². The lowest BCUT2D eigenvalue weighted by Crippen LogP contribution is -2.25. The minimum atomic E-state index is 0.463. The van der Waals surface area contributed by atoms with Crippen molar-refractivity contribution in [3.05, 3.63) is 52.0 Å². The average molecular weight is 273 g/mol. The van der Waals surface area contributed by atoms with Crippen molar-refractivity contribution in [3.63, 3.8) is 0 Å². The van der Waals surface area contributed by atoms with E-state index in [9.17, 15) is 0 Å². The highest BCUT2D eigenvalue weighted by Gasteiger charge is 2.17. The zero-order valence-corrected chi connectivity index (χ0v) is 11.7. The van der Waals surface area contributed by atoms with Crippen LogP contribution in [0.2, 0.25) is 0 Å². The van der Waals surface area contributed by atoms with Gasteiger partial charge in [-0.25, -0.2) is 4.98 Å². The smallest absolute Gasteiger partial charge is 0.0794 e. The summed E-state index contributed by atoms with van der Waals surface area (Å²) in [5.41, 5.74) is 5.97. The third-order valence-electron chi connectivity index (χ3n) is 3.61. The summed E-state index contributed by atoms with van der Waals surface area (Å²) >= 11 is 1.67. The van der Waals surface area contributed by atoms with E-state index in [1.54, 1.807) is 11.3 Å². The number of aromatic nitrogens is 1. The van der Waals surface area contributed by atoms with Crippen molar-refractivity contribution >= 4 is 11.3 Å². The molecule has 1 unspecified atom stereocenters. The van der Waals surface area contributed by atoms with Gasteiger partial charge < -0.3 is 10.6 Å². The quantitative estimate of drug-likeness (QED) is 0.899. The van der Waals surface area contributed by atoms with Gasteiger partial charge in [-0.2, -0.15) is 0 Å². The Morgan fingerprint density at radius 1 is 1.37 bits per heavy atom. The SMILES string of the molecule is c1ccc2c(c1)CNCCC2NCCc1cscn1. The second-order valence-electron chi connectivity index (χ2n) is 4.90. The van der Waals surface area contributed by atoms with Crippen molar-refractivity contribution in [3.8, 4) is 0 Å². The van der Waals surface area contributed by atoms with Gasteiger partial charge in [-0.3, -0.25) is 0 Å². The average Bonchev–Trinajstić information content (AvgIpc) is 2.87. The lowest BCUT2D eigenvalue weighted by molar-refractivity contribution is 0.498. The number of rotatable bonds is 4. The first-order chi connectivity index (χ1) is 9.43. The van der Waals surface area contributed by atoms with Crippen LogP contribution in [0.3, 0.4) is 0 Å². The molecule has 100 valence electrons. The van der Waals surface area contributed by atoms with Gasteiger partial charge in [0.2, 0.25) is 0 Å². The molecular weight excluding hydrogens is 254 g/mol. The predicted molar refractivity (Wildman–Crippen MR) is 79.3 cm³/mol. The maximum Gasteiger partial charge on any atom is 0.0794 e. The van der Waals surface area contributed by atoms with Crippen LogP contribution in [0.1, 0.15) is 29.3 Å². The van der Waals surface area contributed by atoms with E-state index in [1.165, 1.54) is 16.8 Å². The van der Waals surface area contributed by atoms with E-state index in [1.807, 2.05) is 5.51 Å². The Morgan fingerprint density at radius 3 is 3.21 bits per heavy atom. The molecule has 1 aliphatic rings. The second kappa shape index (κ2) is 6.28. The minimum Gasteiger partial charge on any atom is -0.313 e. The Hall–Kier alpha value is -1.23. The van der Waals surface area contributed by atoms with Gasteiger partial charge in [0.05, 0.1) is 11.2 Å². The van der Waals surface area contributed by atoms with Crippen LogP contribution in [0.25, 0.3) is 0 Å². The number of thiazole rings is 1. The van der Waals surface area contributed by atoms with Crippen LogP contribution in [0.15, 0.2) is 35.2 Å². The van der Waals surface area contributed by atoms with E-state index in [-0.39, 0.29) is 0 Å². The standard InChI is InChI=1S/C15H19N3S/c1-2-4-14-12(3-1)9-16-7-6-15(14)17-8-5-13-10-19-11-18-13/h1-4,10-11,15-17H,5-9H2. The Kier molecular flexibility index (Phi) is 4.23. The van der Waals surface area contributed by atoms with Crippen LogP contribution in [0.4, 0.5) is 0 Å². The van der Waals surface area contributed by atoms with Crippen molar-refractivity contribution in [1.29, 1.82) is 0 Å². The van der Waals surface area contributed by atoms with Crippen molar-refractivity contribution in [2.24, 2.45) is 0 Å². The summed E-state index contributed by atoms with van der Waals surface area (Å²) in [5, 5.41) is 9.30. The topological polar surface area (TPSA) is 37.0 Å². The molecule has 0 saturated heterocycles. The zero-order valence-electron chi connectivity index (χ0n) is 10.9. The van der Waals surface area contributed by atoms with Crippen LogP contribution in [-0.2, 0) is 13.0 Å². The zero-order chi connectivity index (χ0) is 12.9. The summed E-state index contributed by atoms with van der Waals surface area (Å²) in [6, 6.07) is 9.20. The highest BCUT2D eigenvalue weighted by molar-refractivity contribution is 7.07. The van der Waals surface area contributed by atoms with E-state index in [4.69, 9.17) is 0 Å². The number of fused-ring (bicyclic) bond motifs is 1. The van der Waals surface area contributed by atoms with Crippen LogP contribution in [0, 0.1) is 0 Å². The molecule has 0 fully saturated rings. The maximum atomic E-state index is 4.33. The predicted octanol–water partition coefficient (Wildman–Crippen LogP) is 2.51. The summed E-state index contributed by atoms with van der Waals surface area (Å²) in [4.78, 5) is 4.33. The Morgan fingerprint density at radius 2 is 2.32 bits per heavy atom. The van der Waals surface area contributed by atoms with Gasteiger partial charge in [-0.05, 0) is 24.1 Å². The van der Waals surface area contributed by atoms with E-state index in [0.29, 0.717) is 6.04 Å². The molecule has 3 nitrogen and oxygen atoms in total. The van der Waals surface area contributed by atoms with Crippen LogP contribution in [0.5, 0.6) is 0 Å². The van der Waals surface area contributed by atoms with E-state index in [0.717, 1.165) is 32.5 Å². The third-order valence-corrected chi connectivity index (χ3v) is 4.25. The molecule has 2 aromatic rings. The maximum absolute atomic E-state index is 4.33. The number of hydrogen-bond acceptors (Lipinski definition) is 4. The van der Waals surface area contributed by atoms with Crippen molar-refractivity contribution < 1.29 is 0 Å². The lowest BCUT2D eigenvalue weighted by Gasteiger charge is -2.18. The summed E-state index contributed by atoms with van der Waals surface area (Å²) in [7, 11) is 0. The summed E-state index contributed by atoms with van der Waals surface area (Å²) in [5.74, 6) is 0. The molecule has 0 bridgehead atoms. The van der Waals surface area contributed by atoms with Crippen molar-refractivity contribution in [2.75, 3.05) is 13.1 Å². The number of nitrogens with one attached hydrogen (secondary N) is 2. The highest BCUT2D eigenvalue weighted by Crippen LogP contribution is 2.23. The van der Waals surface area contributed by atoms with E-state index >= 15 is 0 Å². The van der Waals surface area contributed by atoms with Gasteiger partial charge >= 0.3 is 0 Å². The minimum absolute atomic E-state index is 0.463. The Bertz CT molecular complexity index is 510. The van der Waals surface area contributed by atoms with Crippen molar-refractivity contribution in [1.82, 2.24) is 15.6 Å². The van der Waals surface area contributed by atoms with Gasteiger partial charge in [0.25, 0.3) is 0 Å². The van der Waals surface area contributed by atoms with Crippen molar-refractivity contribution in [2.45, 2.75) is 25.4 Å².